The first kappa shape index (κ1) is 13.6. The molecule has 1 atom stereocenters. The number of rotatable bonds is 5. The van der Waals surface area contributed by atoms with Crippen molar-refractivity contribution in [3.63, 3.8) is 0 Å². The molecule has 0 aliphatic heterocycles. The lowest BCUT2D eigenvalue weighted by atomic mass is 10.0. The van der Waals surface area contributed by atoms with Gasteiger partial charge in [-0.05, 0) is 37.6 Å². The third-order valence-electron chi connectivity index (χ3n) is 2.96. The van der Waals surface area contributed by atoms with Gasteiger partial charge in [0.05, 0.1) is 23.6 Å². The first-order chi connectivity index (χ1) is 9.19. The van der Waals surface area contributed by atoms with E-state index in [0.29, 0.717) is 0 Å². The number of aryl methyl sites for hydroxylation is 1. The van der Waals surface area contributed by atoms with Crippen molar-refractivity contribution in [3.8, 4) is 0 Å². The summed E-state index contributed by atoms with van der Waals surface area (Å²) in [5.41, 5.74) is 2.90. The third-order valence-corrected chi connectivity index (χ3v) is 2.96. The number of likely N-dealkylation sites (N-methyl/N-ethyl adjacent to an activating group) is 1. The van der Waals surface area contributed by atoms with Crippen LogP contribution in [0.25, 0.3) is 0 Å². The van der Waals surface area contributed by atoms with E-state index in [4.69, 9.17) is 0 Å². The second-order valence-electron chi connectivity index (χ2n) is 4.52. The van der Waals surface area contributed by atoms with Crippen molar-refractivity contribution < 1.29 is 4.39 Å². The van der Waals surface area contributed by atoms with Crippen LogP contribution < -0.4 is 5.32 Å². The summed E-state index contributed by atoms with van der Waals surface area (Å²) >= 11 is 0. The zero-order valence-electron chi connectivity index (χ0n) is 11.2. The Hall–Kier alpha value is -1.81. The highest BCUT2D eigenvalue weighted by Gasteiger charge is 2.13. The van der Waals surface area contributed by atoms with E-state index in [0.717, 1.165) is 29.9 Å². The van der Waals surface area contributed by atoms with Crippen LogP contribution in [0, 0.1) is 12.7 Å². The Bertz CT molecular complexity index is 508. The number of hydrogen-bond acceptors (Lipinski definition) is 3. The van der Waals surface area contributed by atoms with Crippen LogP contribution in [0.15, 0.2) is 36.7 Å². The van der Waals surface area contributed by atoms with Gasteiger partial charge in [0.15, 0.2) is 0 Å². The van der Waals surface area contributed by atoms with Gasteiger partial charge in [-0.15, -0.1) is 0 Å². The smallest absolute Gasteiger partial charge is 0.123 e. The van der Waals surface area contributed by atoms with Crippen LogP contribution in [-0.2, 0) is 6.42 Å². The van der Waals surface area contributed by atoms with Crippen molar-refractivity contribution in [2.24, 2.45) is 0 Å². The fraction of sp³-hybridized carbons (Fsp3) is 0.333. The minimum Gasteiger partial charge on any atom is -0.309 e. The molecule has 0 radical (unpaired) electrons. The number of hydrogen-bond donors (Lipinski definition) is 1. The van der Waals surface area contributed by atoms with E-state index < -0.39 is 0 Å². The van der Waals surface area contributed by atoms with E-state index >= 15 is 0 Å². The summed E-state index contributed by atoms with van der Waals surface area (Å²) in [5.74, 6) is -0.209. The van der Waals surface area contributed by atoms with Gasteiger partial charge in [0.1, 0.15) is 5.82 Å². The van der Waals surface area contributed by atoms with Gasteiger partial charge in [0, 0.05) is 6.20 Å². The van der Waals surface area contributed by atoms with Crippen molar-refractivity contribution in [1.82, 2.24) is 15.3 Å². The molecule has 1 aromatic heterocycles. The molecule has 0 saturated heterocycles. The number of nitrogens with zero attached hydrogens (tertiary/aromatic N) is 2. The minimum absolute atomic E-state index is 0.101. The lowest BCUT2D eigenvalue weighted by Gasteiger charge is -2.17. The number of nitrogens with one attached hydrogen (secondary N) is 1. The molecule has 1 heterocycles. The van der Waals surface area contributed by atoms with Gasteiger partial charge < -0.3 is 5.32 Å². The summed E-state index contributed by atoms with van der Waals surface area (Å²) in [6, 6.07) is 6.68. The second kappa shape index (κ2) is 6.38. The quantitative estimate of drug-likeness (QED) is 0.897. The molecule has 3 nitrogen and oxygen atoms in total. The fourth-order valence-electron chi connectivity index (χ4n) is 1.97. The lowest BCUT2D eigenvalue weighted by Crippen LogP contribution is -2.24. The standard InChI is InChI=1S/C15H18FN3/c1-3-17-14(15-10-18-11(2)9-19-15)8-12-4-6-13(16)7-5-12/h4-7,9-10,14,17H,3,8H2,1-2H3. The van der Waals surface area contributed by atoms with E-state index in [1.807, 2.05) is 6.92 Å². The Morgan fingerprint density at radius 2 is 1.89 bits per heavy atom. The van der Waals surface area contributed by atoms with Crippen LogP contribution in [0.2, 0.25) is 0 Å². The van der Waals surface area contributed by atoms with Crippen LogP contribution in [-0.4, -0.2) is 16.5 Å². The average Bonchev–Trinajstić information content (AvgIpc) is 2.42. The predicted molar refractivity (Wildman–Crippen MR) is 73.3 cm³/mol. The van der Waals surface area contributed by atoms with Crippen LogP contribution in [0.4, 0.5) is 4.39 Å². The molecule has 2 rings (SSSR count). The minimum atomic E-state index is -0.209. The van der Waals surface area contributed by atoms with Gasteiger partial charge in [0.2, 0.25) is 0 Å². The Morgan fingerprint density at radius 1 is 1.16 bits per heavy atom. The maximum atomic E-state index is 12.9. The molecule has 0 amide bonds. The van der Waals surface area contributed by atoms with E-state index in [-0.39, 0.29) is 11.9 Å². The summed E-state index contributed by atoms with van der Waals surface area (Å²) < 4.78 is 12.9. The summed E-state index contributed by atoms with van der Waals surface area (Å²) in [7, 11) is 0. The van der Waals surface area contributed by atoms with Crippen LogP contribution in [0.1, 0.15) is 29.9 Å². The first-order valence-electron chi connectivity index (χ1n) is 6.45. The molecule has 0 aliphatic rings. The van der Waals surface area contributed by atoms with Crippen molar-refractivity contribution in [1.29, 1.82) is 0 Å². The maximum Gasteiger partial charge on any atom is 0.123 e. The van der Waals surface area contributed by atoms with Crippen molar-refractivity contribution in [2.45, 2.75) is 26.3 Å². The number of benzene rings is 1. The summed E-state index contributed by atoms with van der Waals surface area (Å²) in [6.07, 6.45) is 4.34. The molecule has 19 heavy (non-hydrogen) atoms. The van der Waals surface area contributed by atoms with Crippen molar-refractivity contribution >= 4 is 0 Å². The molecule has 0 spiro atoms. The van der Waals surface area contributed by atoms with Gasteiger partial charge in [-0.2, -0.15) is 0 Å². The lowest BCUT2D eigenvalue weighted by molar-refractivity contribution is 0.533. The zero-order chi connectivity index (χ0) is 13.7. The molecule has 0 bridgehead atoms. The maximum absolute atomic E-state index is 12.9. The molecule has 0 saturated carbocycles. The van der Waals surface area contributed by atoms with Crippen LogP contribution in [0.3, 0.4) is 0 Å². The van der Waals surface area contributed by atoms with E-state index in [9.17, 15) is 4.39 Å². The molecular weight excluding hydrogens is 241 g/mol. The highest BCUT2D eigenvalue weighted by atomic mass is 19.1. The van der Waals surface area contributed by atoms with Crippen molar-refractivity contribution in [3.05, 3.63) is 59.4 Å². The second-order valence-corrected chi connectivity index (χ2v) is 4.52. The third kappa shape index (κ3) is 3.83. The molecule has 4 heteroatoms. The van der Waals surface area contributed by atoms with Gasteiger partial charge in [-0.25, -0.2) is 4.39 Å². The zero-order valence-corrected chi connectivity index (χ0v) is 11.2. The molecule has 0 fully saturated rings. The Balaban J connectivity index is 2.15. The van der Waals surface area contributed by atoms with E-state index in [1.165, 1.54) is 12.1 Å². The van der Waals surface area contributed by atoms with E-state index in [2.05, 4.69) is 22.2 Å². The van der Waals surface area contributed by atoms with Crippen molar-refractivity contribution in [2.75, 3.05) is 6.54 Å². The Labute approximate surface area is 112 Å². The van der Waals surface area contributed by atoms with E-state index in [1.54, 1.807) is 24.5 Å². The largest absolute Gasteiger partial charge is 0.309 e. The predicted octanol–water partition coefficient (Wildman–Crippen LogP) is 2.82. The monoisotopic (exact) mass is 259 g/mol. The Kier molecular flexibility index (Phi) is 4.58. The molecule has 1 N–H and O–H groups in total. The summed E-state index contributed by atoms with van der Waals surface area (Å²) in [5, 5.41) is 3.39. The molecule has 2 aromatic rings. The van der Waals surface area contributed by atoms with Crippen LogP contribution in [0.5, 0.6) is 0 Å². The molecule has 1 aromatic carbocycles. The highest BCUT2D eigenvalue weighted by molar-refractivity contribution is 5.19. The SMILES string of the molecule is CCNC(Cc1ccc(F)cc1)c1cnc(C)cn1. The van der Waals surface area contributed by atoms with Gasteiger partial charge in [0.25, 0.3) is 0 Å². The summed E-state index contributed by atoms with van der Waals surface area (Å²) in [4.78, 5) is 8.69. The number of aromatic nitrogens is 2. The van der Waals surface area contributed by atoms with Crippen LogP contribution >= 0.6 is 0 Å². The van der Waals surface area contributed by atoms with Gasteiger partial charge >= 0.3 is 0 Å². The topological polar surface area (TPSA) is 37.8 Å². The molecular formula is C15H18FN3. The molecule has 100 valence electrons. The summed E-state index contributed by atoms with van der Waals surface area (Å²) in [6.45, 7) is 4.82. The number of halogens is 1. The normalized spacial score (nSPS) is 12.4. The molecule has 1 unspecified atom stereocenters. The average molecular weight is 259 g/mol. The highest BCUT2D eigenvalue weighted by Crippen LogP contribution is 2.16. The Morgan fingerprint density at radius 3 is 2.47 bits per heavy atom. The molecule has 0 aliphatic carbocycles. The fourth-order valence-corrected chi connectivity index (χ4v) is 1.97. The van der Waals surface area contributed by atoms with Gasteiger partial charge in [-0.1, -0.05) is 19.1 Å². The van der Waals surface area contributed by atoms with Gasteiger partial charge in [-0.3, -0.25) is 9.97 Å². The first-order valence-corrected chi connectivity index (χ1v) is 6.45.